The van der Waals surface area contributed by atoms with Crippen LogP contribution in [0.15, 0.2) is 24.3 Å². The molecule has 2 aromatic rings. The molecule has 0 unspecified atom stereocenters. The average molecular weight is 283 g/mol. The van der Waals surface area contributed by atoms with Crippen molar-refractivity contribution in [3.8, 4) is 11.3 Å². The molecule has 0 amide bonds. The quantitative estimate of drug-likeness (QED) is 0.910. The SMILES string of the molecule is CC(C)c1c(-c2ccccc2C(F)(F)F)nn(C)c1N. The minimum absolute atomic E-state index is 0.0139. The highest BCUT2D eigenvalue weighted by molar-refractivity contribution is 5.72. The van der Waals surface area contributed by atoms with Crippen LogP contribution >= 0.6 is 0 Å². The molecule has 6 heteroatoms. The molecule has 0 radical (unpaired) electrons. The van der Waals surface area contributed by atoms with E-state index in [0.29, 0.717) is 17.1 Å². The van der Waals surface area contributed by atoms with Crippen molar-refractivity contribution >= 4 is 5.82 Å². The number of halogens is 3. The highest BCUT2D eigenvalue weighted by Gasteiger charge is 2.35. The number of benzene rings is 1. The standard InChI is InChI=1S/C14H16F3N3/c1-8(2)11-12(19-20(3)13(11)18)9-6-4-5-7-10(9)14(15,16)17/h4-8H,18H2,1-3H3. The lowest BCUT2D eigenvalue weighted by atomic mass is 9.95. The fraction of sp³-hybridized carbons (Fsp3) is 0.357. The van der Waals surface area contributed by atoms with Gasteiger partial charge in [0.05, 0.1) is 11.3 Å². The van der Waals surface area contributed by atoms with Gasteiger partial charge in [0.2, 0.25) is 0 Å². The number of nitrogens with zero attached hydrogens (tertiary/aromatic N) is 2. The van der Waals surface area contributed by atoms with Crippen LogP contribution in [0.3, 0.4) is 0 Å². The number of aromatic nitrogens is 2. The Labute approximate surface area is 115 Å². The largest absolute Gasteiger partial charge is 0.417 e. The summed E-state index contributed by atoms with van der Waals surface area (Å²) in [5, 5.41) is 4.17. The fourth-order valence-electron chi connectivity index (χ4n) is 2.26. The van der Waals surface area contributed by atoms with Crippen LogP contribution in [0.4, 0.5) is 19.0 Å². The molecule has 2 N–H and O–H groups in total. The maximum absolute atomic E-state index is 13.1. The third kappa shape index (κ3) is 2.37. The monoisotopic (exact) mass is 283 g/mol. The highest BCUT2D eigenvalue weighted by atomic mass is 19.4. The van der Waals surface area contributed by atoms with Gasteiger partial charge < -0.3 is 5.73 Å². The second kappa shape index (κ2) is 4.85. The van der Waals surface area contributed by atoms with E-state index in [4.69, 9.17) is 5.73 Å². The van der Waals surface area contributed by atoms with Crippen molar-refractivity contribution in [3.63, 3.8) is 0 Å². The molecule has 0 aliphatic heterocycles. The highest BCUT2D eigenvalue weighted by Crippen LogP contribution is 2.40. The van der Waals surface area contributed by atoms with Crippen LogP contribution < -0.4 is 5.73 Å². The predicted molar refractivity (Wildman–Crippen MR) is 72.1 cm³/mol. The molecule has 1 aromatic heterocycles. The summed E-state index contributed by atoms with van der Waals surface area (Å²) in [5.41, 5.74) is 6.23. The van der Waals surface area contributed by atoms with E-state index in [1.807, 2.05) is 13.8 Å². The van der Waals surface area contributed by atoms with E-state index in [0.717, 1.165) is 6.07 Å². The van der Waals surface area contributed by atoms with E-state index in [9.17, 15) is 13.2 Å². The molecule has 0 fully saturated rings. The molecule has 1 aromatic carbocycles. The second-order valence-electron chi connectivity index (χ2n) is 4.97. The van der Waals surface area contributed by atoms with Crippen molar-refractivity contribution in [3.05, 3.63) is 35.4 Å². The Morgan fingerprint density at radius 3 is 2.35 bits per heavy atom. The number of aryl methyl sites for hydroxylation is 1. The van der Waals surface area contributed by atoms with Crippen molar-refractivity contribution in [2.24, 2.45) is 7.05 Å². The molecule has 0 aliphatic carbocycles. The third-order valence-corrected chi connectivity index (χ3v) is 3.19. The van der Waals surface area contributed by atoms with Gasteiger partial charge in [-0.05, 0) is 12.0 Å². The van der Waals surface area contributed by atoms with Gasteiger partial charge in [-0.1, -0.05) is 32.0 Å². The Hall–Kier alpha value is -1.98. The first-order valence-electron chi connectivity index (χ1n) is 6.22. The molecule has 3 nitrogen and oxygen atoms in total. The van der Waals surface area contributed by atoms with E-state index in [1.54, 1.807) is 13.1 Å². The third-order valence-electron chi connectivity index (χ3n) is 3.19. The zero-order valence-electron chi connectivity index (χ0n) is 11.5. The van der Waals surface area contributed by atoms with Crippen LogP contribution in [0.2, 0.25) is 0 Å². The molecule has 20 heavy (non-hydrogen) atoms. The molecule has 2 rings (SSSR count). The van der Waals surface area contributed by atoms with Gasteiger partial charge in [-0.3, -0.25) is 4.68 Å². The van der Waals surface area contributed by atoms with Crippen LogP contribution in [0, 0.1) is 0 Å². The Morgan fingerprint density at radius 2 is 1.80 bits per heavy atom. The molecule has 1 heterocycles. The zero-order valence-corrected chi connectivity index (χ0v) is 11.5. The summed E-state index contributed by atoms with van der Waals surface area (Å²) in [7, 11) is 1.63. The number of rotatable bonds is 2. The number of anilines is 1. The van der Waals surface area contributed by atoms with Gasteiger partial charge in [0.15, 0.2) is 0 Å². The first kappa shape index (κ1) is 14.4. The minimum atomic E-state index is -4.42. The van der Waals surface area contributed by atoms with E-state index in [1.165, 1.54) is 16.8 Å². The second-order valence-corrected chi connectivity index (χ2v) is 4.97. The topological polar surface area (TPSA) is 43.8 Å². The Balaban J connectivity index is 2.73. The summed E-state index contributed by atoms with van der Waals surface area (Å²) in [6.07, 6.45) is -4.42. The van der Waals surface area contributed by atoms with Crippen LogP contribution in [0.25, 0.3) is 11.3 Å². The van der Waals surface area contributed by atoms with Crippen LogP contribution in [0.5, 0.6) is 0 Å². The molecular formula is C14H16F3N3. The van der Waals surface area contributed by atoms with Crippen LogP contribution in [0.1, 0.15) is 30.9 Å². The average Bonchev–Trinajstić information content (AvgIpc) is 2.65. The molecule has 0 saturated heterocycles. The van der Waals surface area contributed by atoms with Gasteiger partial charge in [0, 0.05) is 18.2 Å². The van der Waals surface area contributed by atoms with Crippen molar-refractivity contribution < 1.29 is 13.2 Å². The number of alkyl halides is 3. The smallest absolute Gasteiger partial charge is 0.384 e. The molecule has 108 valence electrons. The summed E-state index contributed by atoms with van der Waals surface area (Å²) in [4.78, 5) is 0. The molecule has 0 bridgehead atoms. The van der Waals surface area contributed by atoms with Gasteiger partial charge in [-0.15, -0.1) is 0 Å². The summed E-state index contributed by atoms with van der Waals surface area (Å²) in [6.45, 7) is 3.76. The van der Waals surface area contributed by atoms with Crippen LogP contribution in [-0.4, -0.2) is 9.78 Å². The van der Waals surface area contributed by atoms with Gasteiger partial charge in [0.1, 0.15) is 5.82 Å². The van der Waals surface area contributed by atoms with E-state index in [2.05, 4.69) is 5.10 Å². The minimum Gasteiger partial charge on any atom is -0.384 e. The first-order valence-corrected chi connectivity index (χ1v) is 6.22. The molecular weight excluding hydrogens is 267 g/mol. The Bertz CT molecular complexity index is 627. The number of hydrogen-bond acceptors (Lipinski definition) is 2. The van der Waals surface area contributed by atoms with Crippen molar-refractivity contribution in [1.29, 1.82) is 0 Å². The van der Waals surface area contributed by atoms with Crippen molar-refractivity contribution in [1.82, 2.24) is 9.78 Å². The van der Waals surface area contributed by atoms with Crippen molar-refractivity contribution in [2.75, 3.05) is 5.73 Å². The van der Waals surface area contributed by atoms with E-state index in [-0.39, 0.29) is 11.5 Å². The maximum Gasteiger partial charge on any atom is 0.417 e. The van der Waals surface area contributed by atoms with Gasteiger partial charge in [-0.25, -0.2) is 0 Å². The summed E-state index contributed by atoms with van der Waals surface area (Å²) >= 11 is 0. The lowest BCUT2D eigenvalue weighted by molar-refractivity contribution is -0.137. The summed E-state index contributed by atoms with van der Waals surface area (Å²) in [6, 6.07) is 5.42. The number of nitrogen functional groups attached to an aromatic ring is 1. The fourth-order valence-corrected chi connectivity index (χ4v) is 2.26. The maximum atomic E-state index is 13.1. The Morgan fingerprint density at radius 1 is 1.20 bits per heavy atom. The zero-order chi connectivity index (χ0) is 15.1. The number of nitrogens with two attached hydrogens (primary N) is 1. The predicted octanol–water partition coefficient (Wildman–Crippen LogP) is 3.81. The lowest BCUT2D eigenvalue weighted by Crippen LogP contribution is -2.08. The molecule has 0 atom stereocenters. The van der Waals surface area contributed by atoms with Crippen molar-refractivity contribution in [2.45, 2.75) is 25.9 Å². The normalized spacial score (nSPS) is 12.2. The molecule has 0 saturated carbocycles. The lowest BCUT2D eigenvalue weighted by Gasteiger charge is -2.13. The molecule has 0 spiro atoms. The summed E-state index contributed by atoms with van der Waals surface area (Å²) in [5.74, 6) is 0.381. The number of hydrogen-bond donors (Lipinski definition) is 1. The first-order chi connectivity index (χ1) is 9.23. The van der Waals surface area contributed by atoms with Gasteiger partial charge >= 0.3 is 6.18 Å². The van der Waals surface area contributed by atoms with Gasteiger partial charge in [0.25, 0.3) is 0 Å². The van der Waals surface area contributed by atoms with E-state index < -0.39 is 11.7 Å². The van der Waals surface area contributed by atoms with E-state index >= 15 is 0 Å². The van der Waals surface area contributed by atoms with Crippen LogP contribution in [-0.2, 0) is 13.2 Å². The Kier molecular flexibility index (Phi) is 3.50. The summed E-state index contributed by atoms with van der Waals surface area (Å²) < 4.78 is 40.7. The molecule has 0 aliphatic rings. The van der Waals surface area contributed by atoms with Gasteiger partial charge in [-0.2, -0.15) is 18.3 Å².